The molecular formula is C16H11FNNaO3S. The average Bonchev–Trinajstić information content (AvgIpc) is 3.15. The molecule has 2 heterocycles. The zero-order valence-electron chi connectivity index (χ0n) is 12.4. The first kappa shape index (κ1) is 17.9. The smallest absolute Gasteiger partial charge is 0.550 e. The molecule has 0 unspecified atom stereocenters. The largest absolute Gasteiger partial charge is 1.00 e. The van der Waals surface area contributed by atoms with Gasteiger partial charge in [0.15, 0.2) is 5.76 Å². The van der Waals surface area contributed by atoms with E-state index in [1.165, 1.54) is 23.5 Å². The van der Waals surface area contributed by atoms with E-state index in [9.17, 15) is 14.3 Å². The summed E-state index contributed by atoms with van der Waals surface area (Å²) in [6.07, 6.45) is 0.0913. The van der Waals surface area contributed by atoms with Crippen LogP contribution in [0.25, 0.3) is 22.1 Å². The maximum absolute atomic E-state index is 13.0. The van der Waals surface area contributed by atoms with Crippen molar-refractivity contribution in [3.63, 3.8) is 0 Å². The maximum atomic E-state index is 13.0. The number of hydrogen-bond donors (Lipinski definition) is 0. The van der Waals surface area contributed by atoms with Gasteiger partial charge in [-0.05, 0) is 48.6 Å². The van der Waals surface area contributed by atoms with Gasteiger partial charge in [-0.1, -0.05) is 6.07 Å². The van der Waals surface area contributed by atoms with Crippen LogP contribution in [-0.2, 0) is 11.2 Å². The number of carbonyl (C=O) groups excluding carboxylic acids is 1. The summed E-state index contributed by atoms with van der Waals surface area (Å²) in [5, 5.41) is 12.6. The molecule has 112 valence electrons. The van der Waals surface area contributed by atoms with Crippen molar-refractivity contribution in [3.05, 3.63) is 53.3 Å². The average molecular weight is 339 g/mol. The van der Waals surface area contributed by atoms with E-state index in [1.807, 2.05) is 17.5 Å². The third kappa shape index (κ3) is 4.29. The van der Waals surface area contributed by atoms with Crippen molar-refractivity contribution in [2.24, 2.45) is 0 Å². The Morgan fingerprint density at radius 2 is 2.00 bits per heavy atom. The number of carboxylic acids is 1. The Labute approximate surface area is 158 Å². The van der Waals surface area contributed by atoms with Crippen LogP contribution in [0.15, 0.2) is 46.2 Å². The van der Waals surface area contributed by atoms with Crippen molar-refractivity contribution in [2.75, 3.05) is 0 Å². The van der Waals surface area contributed by atoms with Gasteiger partial charge in [0.05, 0.1) is 10.6 Å². The second-order valence-corrected chi connectivity index (χ2v) is 5.60. The summed E-state index contributed by atoms with van der Waals surface area (Å²) in [4.78, 5) is 15.9. The number of hydrogen-bond acceptors (Lipinski definition) is 5. The predicted molar refractivity (Wildman–Crippen MR) is 78.5 cm³/mol. The summed E-state index contributed by atoms with van der Waals surface area (Å²) in [5.41, 5.74) is 1.20. The predicted octanol–water partition coefficient (Wildman–Crippen LogP) is -0.104. The number of benzene rings is 1. The van der Waals surface area contributed by atoms with Crippen LogP contribution >= 0.6 is 11.3 Å². The minimum Gasteiger partial charge on any atom is -0.550 e. The van der Waals surface area contributed by atoms with E-state index in [-0.39, 0.29) is 48.2 Å². The molecule has 4 nitrogen and oxygen atoms in total. The van der Waals surface area contributed by atoms with Crippen LogP contribution in [0.2, 0.25) is 0 Å². The molecule has 0 saturated carbocycles. The number of halogens is 1. The van der Waals surface area contributed by atoms with E-state index < -0.39 is 5.97 Å². The fourth-order valence-corrected chi connectivity index (χ4v) is 2.79. The summed E-state index contributed by atoms with van der Waals surface area (Å²) in [6.45, 7) is 0. The molecule has 3 aromatic rings. The Hall–Kier alpha value is -1.47. The van der Waals surface area contributed by atoms with Crippen LogP contribution in [0.4, 0.5) is 4.39 Å². The molecule has 7 heteroatoms. The monoisotopic (exact) mass is 339 g/mol. The fourth-order valence-electron chi connectivity index (χ4n) is 2.06. The van der Waals surface area contributed by atoms with Gasteiger partial charge >= 0.3 is 29.6 Å². The van der Waals surface area contributed by atoms with E-state index in [2.05, 4.69) is 4.98 Å². The molecule has 3 rings (SSSR count). The normalized spacial score (nSPS) is 10.3. The molecular weight excluding hydrogens is 328 g/mol. The molecule has 0 N–H and O–H groups in total. The van der Waals surface area contributed by atoms with Crippen molar-refractivity contribution >= 4 is 17.3 Å². The van der Waals surface area contributed by atoms with Gasteiger partial charge in [-0.3, -0.25) is 0 Å². The molecule has 1 aromatic carbocycles. The van der Waals surface area contributed by atoms with Crippen molar-refractivity contribution < 1.29 is 48.3 Å². The Bertz CT molecular complexity index is 784. The van der Waals surface area contributed by atoms with E-state index >= 15 is 0 Å². The number of carboxylic acid groups (broad SMARTS) is 1. The number of thiophene rings is 1. The third-order valence-electron chi connectivity index (χ3n) is 3.10. The van der Waals surface area contributed by atoms with Crippen LogP contribution in [0.5, 0.6) is 0 Å². The molecule has 0 aliphatic heterocycles. The Morgan fingerprint density at radius 1 is 1.26 bits per heavy atom. The zero-order chi connectivity index (χ0) is 15.5. The number of rotatable bonds is 5. The van der Waals surface area contributed by atoms with Gasteiger partial charge in [-0.25, -0.2) is 9.37 Å². The van der Waals surface area contributed by atoms with E-state index in [0.717, 1.165) is 4.88 Å². The molecule has 0 fully saturated rings. The molecule has 0 aliphatic carbocycles. The van der Waals surface area contributed by atoms with Gasteiger partial charge in [-0.15, -0.1) is 11.3 Å². The number of oxazole rings is 1. The third-order valence-corrected chi connectivity index (χ3v) is 3.97. The number of nitrogens with zero attached hydrogens (tertiary/aromatic N) is 1. The minimum atomic E-state index is -1.14. The first-order valence-corrected chi connectivity index (χ1v) is 7.51. The van der Waals surface area contributed by atoms with Gasteiger partial charge in [0.2, 0.25) is 5.89 Å². The summed E-state index contributed by atoms with van der Waals surface area (Å²) >= 11 is 1.48. The summed E-state index contributed by atoms with van der Waals surface area (Å²) in [7, 11) is 0. The summed E-state index contributed by atoms with van der Waals surface area (Å²) in [5.74, 6) is -0.582. The van der Waals surface area contributed by atoms with Crippen LogP contribution in [0, 0.1) is 5.82 Å². The first-order chi connectivity index (χ1) is 10.6. The second kappa shape index (κ2) is 7.88. The van der Waals surface area contributed by atoms with Crippen LogP contribution in [0.3, 0.4) is 0 Å². The quantitative estimate of drug-likeness (QED) is 0.609. The molecule has 0 amide bonds. The number of aliphatic carboxylic acids is 1. The maximum Gasteiger partial charge on any atom is 1.00 e. The topological polar surface area (TPSA) is 66.2 Å². The zero-order valence-corrected chi connectivity index (χ0v) is 15.2. The molecule has 0 bridgehead atoms. The Kier molecular flexibility index (Phi) is 6.12. The van der Waals surface area contributed by atoms with Gasteiger partial charge in [0.25, 0.3) is 0 Å². The fraction of sp³-hybridized carbons (Fsp3) is 0.125. The second-order valence-electron chi connectivity index (χ2n) is 4.65. The van der Waals surface area contributed by atoms with Crippen molar-refractivity contribution in [1.82, 2.24) is 4.98 Å². The summed E-state index contributed by atoms with van der Waals surface area (Å²) in [6, 6.07) is 9.55. The Balaban J connectivity index is 0.00000192. The first-order valence-electron chi connectivity index (χ1n) is 6.63. The summed E-state index contributed by atoms with van der Waals surface area (Å²) < 4.78 is 18.8. The van der Waals surface area contributed by atoms with Gasteiger partial charge in [0, 0.05) is 11.5 Å². The van der Waals surface area contributed by atoms with Crippen molar-refractivity contribution in [2.45, 2.75) is 12.8 Å². The van der Waals surface area contributed by atoms with E-state index in [1.54, 1.807) is 12.1 Å². The molecule has 0 saturated heterocycles. The molecule has 0 atom stereocenters. The van der Waals surface area contributed by atoms with Crippen LogP contribution < -0.4 is 34.7 Å². The molecule has 2 aromatic heterocycles. The number of aryl methyl sites for hydroxylation is 1. The van der Waals surface area contributed by atoms with Gasteiger partial charge in [0.1, 0.15) is 5.82 Å². The van der Waals surface area contributed by atoms with E-state index in [4.69, 9.17) is 4.42 Å². The molecule has 23 heavy (non-hydrogen) atoms. The number of aromatic nitrogens is 1. The molecule has 0 spiro atoms. The van der Waals surface area contributed by atoms with Gasteiger partial charge in [-0.2, -0.15) is 0 Å². The van der Waals surface area contributed by atoms with E-state index in [0.29, 0.717) is 22.9 Å². The SMILES string of the molecule is O=C([O-])CCc1nc(-c2ccc(F)cc2)oc1-c1cccs1.[Na+]. The molecule has 0 aliphatic rings. The van der Waals surface area contributed by atoms with Crippen molar-refractivity contribution in [3.8, 4) is 22.1 Å². The van der Waals surface area contributed by atoms with Crippen molar-refractivity contribution in [1.29, 1.82) is 0 Å². The Morgan fingerprint density at radius 3 is 2.61 bits per heavy atom. The minimum absolute atomic E-state index is 0. The molecule has 0 radical (unpaired) electrons. The van der Waals surface area contributed by atoms with Crippen LogP contribution in [0.1, 0.15) is 12.1 Å². The van der Waals surface area contributed by atoms with Gasteiger partial charge < -0.3 is 14.3 Å². The number of carbonyl (C=O) groups is 1. The van der Waals surface area contributed by atoms with Crippen LogP contribution in [-0.4, -0.2) is 11.0 Å². The standard InChI is InChI=1S/C16H12FNO3S.Na/c17-11-5-3-10(4-6-11)16-18-12(7-8-14(19)20)15(21-16)13-2-1-9-22-13;/h1-6,9H,7-8H2,(H,19,20);/q;+1/p-1.